The van der Waals surface area contributed by atoms with Crippen molar-refractivity contribution in [3.8, 4) is 0 Å². The Morgan fingerprint density at radius 1 is 1.08 bits per heavy atom. The van der Waals surface area contributed by atoms with Gasteiger partial charge in [-0.3, -0.25) is 9.52 Å². The smallest absolute Gasteiger partial charge is 0.246 e. The fraction of sp³-hybridized carbons (Fsp3) is 0.278. The van der Waals surface area contributed by atoms with Gasteiger partial charge in [-0.2, -0.15) is 0 Å². The largest absolute Gasteiger partial charge is 0.374 e. The van der Waals surface area contributed by atoms with E-state index in [4.69, 9.17) is 0 Å². The second-order valence-corrected chi connectivity index (χ2v) is 7.91. The van der Waals surface area contributed by atoms with Gasteiger partial charge in [-0.05, 0) is 62.7 Å². The van der Waals surface area contributed by atoms with Crippen LogP contribution in [0.5, 0.6) is 0 Å². The molecule has 0 unspecified atom stereocenters. The number of carbonyl (C=O) groups excluding carboxylic acids is 1. The molecule has 8 heteroatoms. The number of anilines is 3. The van der Waals surface area contributed by atoms with Gasteiger partial charge in [0.15, 0.2) is 0 Å². The van der Waals surface area contributed by atoms with E-state index >= 15 is 0 Å². The summed E-state index contributed by atoms with van der Waals surface area (Å²) in [5.74, 6) is -0.707. The molecule has 26 heavy (non-hydrogen) atoms. The van der Waals surface area contributed by atoms with Crippen molar-refractivity contribution in [2.24, 2.45) is 0 Å². The highest BCUT2D eigenvalue weighted by atomic mass is 32.2. The first-order chi connectivity index (χ1) is 12.2. The maximum Gasteiger partial charge on any atom is 0.246 e. The lowest BCUT2D eigenvalue weighted by atomic mass is 10.2. The third kappa shape index (κ3) is 5.45. The van der Waals surface area contributed by atoms with E-state index in [-0.39, 0.29) is 17.5 Å². The maximum atomic E-state index is 13.5. The highest BCUT2D eigenvalue weighted by Gasteiger charge is 2.14. The van der Waals surface area contributed by atoms with Crippen LogP contribution < -0.4 is 15.4 Å². The average molecular weight is 379 g/mol. The number of sulfonamides is 1. The second kappa shape index (κ2) is 8.18. The lowest BCUT2D eigenvalue weighted by molar-refractivity contribution is -0.116. The number of nitrogens with one attached hydrogen (secondary N) is 3. The fourth-order valence-electron chi connectivity index (χ4n) is 2.12. The Bertz CT molecular complexity index is 883. The van der Waals surface area contributed by atoms with E-state index in [2.05, 4.69) is 15.4 Å². The summed E-state index contributed by atoms with van der Waals surface area (Å²) in [6, 6.07) is 10.5. The van der Waals surface area contributed by atoms with Crippen LogP contribution in [0.4, 0.5) is 21.5 Å². The molecule has 0 aliphatic carbocycles. The van der Waals surface area contributed by atoms with Crippen LogP contribution in [0.1, 0.15) is 19.4 Å². The van der Waals surface area contributed by atoms with E-state index in [0.29, 0.717) is 22.6 Å². The summed E-state index contributed by atoms with van der Waals surface area (Å²) in [5, 5.41) is 5.66. The lowest BCUT2D eigenvalue weighted by Gasteiger charge is -2.16. The molecule has 0 aromatic heterocycles. The van der Waals surface area contributed by atoms with Crippen LogP contribution in [0.15, 0.2) is 42.5 Å². The van der Waals surface area contributed by atoms with E-state index < -0.39 is 16.1 Å². The molecule has 2 aromatic rings. The minimum atomic E-state index is -3.33. The molecule has 140 valence electrons. The molecule has 3 N–H and O–H groups in total. The molecule has 1 amide bonds. The van der Waals surface area contributed by atoms with Gasteiger partial charge in [0.25, 0.3) is 0 Å². The highest BCUT2D eigenvalue weighted by Crippen LogP contribution is 2.17. The Labute approximate surface area is 152 Å². The number of benzene rings is 2. The van der Waals surface area contributed by atoms with Gasteiger partial charge in [-0.1, -0.05) is 6.07 Å². The normalized spacial score (nSPS) is 12.3. The summed E-state index contributed by atoms with van der Waals surface area (Å²) in [7, 11) is -3.33. The molecule has 0 aliphatic heterocycles. The van der Waals surface area contributed by atoms with Crippen LogP contribution in [0.3, 0.4) is 0 Å². The zero-order valence-electron chi connectivity index (χ0n) is 14.8. The van der Waals surface area contributed by atoms with Crippen molar-refractivity contribution in [3.63, 3.8) is 0 Å². The molecule has 0 bridgehead atoms. The van der Waals surface area contributed by atoms with Crippen molar-refractivity contribution in [2.45, 2.75) is 26.8 Å². The van der Waals surface area contributed by atoms with Gasteiger partial charge >= 0.3 is 0 Å². The van der Waals surface area contributed by atoms with Crippen molar-refractivity contribution < 1.29 is 17.6 Å². The van der Waals surface area contributed by atoms with Crippen LogP contribution in [0.2, 0.25) is 0 Å². The summed E-state index contributed by atoms with van der Waals surface area (Å²) in [5.41, 5.74) is 2.00. The van der Waals surface area contributed by atoms with Gasteiger partial charge in [-0.25, -0.2) is 12.8 Å². The van der Waals surface area contributed by atoms with E-state index in [9.17, 15) is 17.6 Å². The monoisotopic (exact) mass is 379 g/mol. The number of carbonyl (C=O) groups is 1. The van der Waals surface area contributed by atoms with E-state index in [0.717, 1.165) is 0 Å². The Balaban J connectivity index is 1.96. The molecule has 2 rings (SSSR count). The summed E-state index contributed by atoms with van der Waals surface area (Å²) in [6.45, 7) is 4.88. The summed E-state index contributed by atoms with van der Waals surface area (Å²) in [4.78, 5) is 12.2. The predicted octanol–water partition coefficient (Wildman–Crippen LogP) is 3.33. The average Bonchev–Trinajstić information content (AvgIpc) is 2.59. The molecular formula is C18H22FN3O3S. The number of amides is 1. The molecule has 1 atom stereocenters. The summed E-state index contributed by atoms with van der Waals surface area (Å²) < 4.78 is 39.1. The van der Waals surface area contributed by atoms with Gasteiger partial charge in [0.05, 0.1) is 5.75 Å². The van der Waals surface area contributed by atoms with Gasteiger partial charge in [-0.15, -0.1) is 0 Å². The van der Waals surface area contributed by atoms with Crippen LogP contribution in [0.25, 0.3) is 0 Å². The molecule has 0 radical (unpaired) electrons. The number of hydrogen-bond acceptors (Lipinski definition) is 4. The van der Waals surface area contributed by atoms with Crippen molar-refractivity contribution in [3.05, 3.63) is 53.8 Å². The van der Waals surface area contributed by atoms with Crippen LogP contribution in [-0.4, -0.2) is 26.1 Å². The molecule has 0 aliphatic rings. The Hall–Kier alpha value is -2.61. The van der Waals surface area contributed by atoms with Crippen molar-refractivity contribution in [2.75, 3.05) is 21.1 Å². The van der Waals surface area contributed by atoms with E-state index in [1.807, 2.05) is 0 Å². The second-order valence-electron chi connectivity index (χ2n) is 5.90. The number of hydrogen-bond donors (Lipinski definition) is 3. The van der Waals surface area contributed by atoms with E-state index in [1.165, 1.54) is 6.07 Å². The molecular weight excluding hydrogens is 357 g/mol. The topological polar surface area (TPSA) is 87.3 Å². The fourth-order valence-corrected chi connectivity index (χ4v) is 2.76. The first-order valence-electron chi connectivity index (χ1n) is 8.14. The van der Waals surface area contributed by atoms with Crippen LogP contribution in [-0.2, 0) is 14.8 Å². The standard InChI is InChI=1S/C18H22FN3O3S/c1-4-26(24,25)22-15-9-7-14(8-10-15)20-13(3)18(23)21-16-6-5-12(2)17(19)11-16/h5-11,13,20,22H,4H2,1-3H3,(H,21,23)/t13-/m1/s1. The molecule has 0 saturated heterocycles. The van der Waals surface area contributed by atoms with Crippen molar-refractivity contribution in [1.82, 2.24) is 0 Å². The molecule has 0 saturated carbocycles. The molecule has 6 nitrogen and oxygen atoms in total. The van der Waals surface area contributed by atoms with Crippen LogP contribution >= 0.6 is 0 Å². The Morgan fingerprint density at radius 3 is 2.23 bits per heavy atom. The summed E-state index contributed by atoms with van der Waals surface area (Å²) >= 11 is 0. The minimum absolute atomic E-state index is 0.0101. The third-order valence-corrected chi connectivity index (χ3v) is 5.06. The van der Waals surface area contributed by atoms with Gasteiger partial charge in [0.1, 0.15) is 11.9 Å². The molecule has 2 aromatic carbocycles. The molecule has 0 spiro atoms. The van der Waals surface area contributed by atoms with Gasteiger partial charge in [0, 0.05) is 17.1 Å². The number of rotatable bonds is 7. The third-order valence-electron chi connectivity index (χ3n) is 3.75. The van der Waals surface area contributed by atoms with E-state index in [1.54, 1.807) is 57.2 Å². The van der Waals surface area contributed by atoms with Gasteiger partial charge in [0.2, 0.25) is 15.9 Å². The first kappa shape index (κ1) is 19.7. The number of aryl methyl sites for hydroxylation is 1. The quantitative estimate of drug-likeness (QED) is 0.689. The Kier molecular flexibility index (Phi) is 6.20. The zero-order chi connectivity index (χ0) is 19.3. The number of halogens is 1. The van der Waals surface area contributed by atoms with Crippen molar-refractivity contribution >= 4 is 33.0 Å². The zero-order valence-corrected chi connectivity index (χ0v) is 15.7. The molecule has 0 heterocycles. The van der Waals surface area contributed by atoms with Gasteiger partial charge < -0.3 is 10.6 Å². The Morgan fingerprint density at radius 2 is 1.65 bits per heavy atom. The lowest BCUT2D eigenvalue weighted by Crippen LogP contribution is -2.31. The minimum Gasteiger partial charge on any atom is -0.374 e. The van der Waals surface area contributed by atoms with Crippen LogP contribution in [0, 0.1) is 12.7 Å². The summed E-state index contributed by atoms with van der Waals surface area (Å²) in [6.07, 6.45) is 0. The highest BCUT2D eigenvalue weighted by molar-refractivity contribution is 7.92. The first-order valence-corrected chi connectivity index (χ1v) is 9.79. The molecule has 0 fully saturated rings. The maximum absolute atomic E-state index is 13.5. The predicted molar refractivity (Wildman–Crippen MR) is 102 cm³/mol. The SMILES string of the molecule is CCS(=O)(=O)Nc1ccc(N[C@H](C)C(=O)Nc2ccc(C)c(F)c2)cc1. The van der Waals surface area contributed by atoms with Crippen molar-refractivity contribution in [1.29, 1.82) is 0 Å².